The number of esters is 1. The van der Waals surface area contributed by atoms with E-state index in [0.29, 0.717) is 29.5 Å². The predicted octanol–water partition coefficient (Wildman–Crippen LogP) is 2.97. The van der Waals surface area contributed by atoms with Gasteiger partial charge in [0.25, 0.3) is 0 Å². The minimum Gasteiger partial charge on any atom is -0.466 e. The monoisotopic (exact) mass is 355 g/mol. The third-order valence-corrected chi connectivity index (χ3v) is 3.41. The molecule has 0 saturated carbocycles. The molecule has 0 spiro atoms. The lowest BCUT2D eigenvalue weighted by atomic mass is 9.90. The number of carbonyl (C=O) groups is 3. The molecular weight excluding hydrogens is 338 g/mol. The van der Waals surface area contributed by atoms with Crippen LogP contribution in [0.15, 0.2) is 22.9 Å². The standard InChI is InChI=1S/C15H18BrNO4/c1-3-21-14(19)6-4-5-13(10(2)18)15(20)11-7-12(16)9-17-8-11/h7-9,13H,3-6H2,1-2H3. The van der Waals surface area contributed by atoms with Gasteiger partial charge in [-0.15, -0.1) is 0 Å². The topological polar surface area (TPSA) is 73.3 Å². The lowest BCUT2D eigenvalue weighted by Crippen LogP contribution is -2.22. The Kier molecular flexibility index (Phi) is 7.22. The third-order valence-electron chi connectivity index (χ3n) is 2.98. The van der Waals surface area contributed by atoms with Crippen LogP contribution in [0.4, 0.5) is 0 Å². The molecular formula is C15H18BrNO4. The van der Waals surface area contributed by atoms with Gasteiger partial charge < -0.3 is 4.74 Å². The Morgan fingerprint density at radius 3 is 2.62 bits per heavy atom. The van der Waals surface area contributed by atoms with E-state index in [1.165, 1.54) is 13.1 Å². The van der Waals surface area contributed by atoms with Crippen LogP contribution < -0.4 is 0 Å². The van der Waals surface area contributed by atoms with Gasteiger partial charge in [0.05, 0.1) is 12.5 Å². The molecule has 1 heterocycles. The number of hydrogen-bond acceptors (Lipinski definition) is 5. The number of halogens is 1. The first-order valence-electron chi connectivity index (χ1n) is 6.76. The van der Waals surface area contributed by atoms with E-state index in [1.54, 1.807) is 19.2 Å². The first-order chi connectivity index (χ1) is 9.95. The average Bonchev–Trinajstić information content (AvgIpc) is 2.43. The summed E-state index contributed by atoms with van der Waals surface area (Å²) in [6, 6.07) is 1.64. The van der Waals surface area contributed by atoms with E-state index < -0.39 is 5.92 Å². The van der Waals surface area contributed by atoms with Crippen LogP contribution in [0.3, 0.4) is 0 Å². The predicted molar refractivity (Wildman–Crippen MR) is 80.9 cm³/mol. The van der Waals surface area contributed by atoms with Gasteiger partial charge in [0.2, 0.25) is 0 Å². The molecule has 0 bridgehead atoms. The second kappa shape index (κ2) is 8.67. The summed E-state index contributed by atoms with van der Waals surface area (Å²) < 4.78 is 5.50. The molecule has 21 heavy (non-hydrogen) atoms. The Labute approximate surface area is 132 Å². The van der Waals surface area contributed by atoms with Crippen molar-refractivity contribution in [1.29, 1.82) is 0 Å². The molecule has 0 aliphatic carbocycles. The van der Waals surface area contributed by atoms with Crippen LogP contribution >= 0.6 is 15.9 Å². The fourth-order valence-corrected chi connectivity index (χ4v) is 2.32. The largest absolute Gasteiger partial charge is 0.466 e. The van der Waals surface area contributed by atoms with Crippen LogP contribution in [0.5, 0.6) is 0 Å². The van der Waals surface area contributed by atoms with E-state index in [1.807, 2.05) is 0 Å². The van der Waals surface area contributed by atoms with Crippen molar-refractivity contribution in [3.63, 3.8) is 0 Å². The normalized spacial score (nSPS) is 11.8. The maximum Gasteiger partial charge on any atom is 0.305 e. The number of rotatable bonds is 8. The second-order valence-electron chi connectivity index (χ2n) is 4.62. The highest BCUT2D eigenvalue weighted by Gasteiger charge is 2.24. The quantitative estimate of drug-likeness (QED) is 0.407. The van der Waals surface area contributed by atoms with Gasteiger partial charge >= 0.3 is 5.97 Å². The van der Waals surface area contributed by atoms with Gasteiger partial charge in [-0.2, -0.15) is 0 Å². The summed E-state index contributed by atoms with van der Waals surface area (Å²) in [4.78, 5) is 39.2. The molecule has 1 aromatic rings. The van der Waals surface area contributed by atoms with E-state index in [4.69, 9.17) is 4.74 Å². The van der Waals surface area contributed by atoms with Gasteiger partial charge in [-0.25, -0.2) is 0 Å². The molecule has 0 aliphatic heterocycles. The molecule has 0 fully saturated rings. The van der Waals surface area contributed by atoms with Gasteiger partial charge in [-0.3, -0.25) is 19.4 Å². The SMILES string of the molecule is CCOC(=O)CCCC(C(C)=O)C(=O)c1cncc(Br)c1. The number of ether oxygens (including phenoxy) is 1. The highest BCUT2D eigenvalue weighted by atomic mass is 79.9. The van der Waals surface area contributed by atoms with E-state index in [2.05, 4.69) is 20.9 Å². The van der Waals surface area contributed by atoms with Crippen LogP contribution in [-0.2, 0) is 14.3 Å². The number of Topliss-reactive ketones (excluding diaryl/α,β-unsaturated/α-hetero) is 2. The fourth-order valence-electron chi connectivity index (χ4n) is 1.95. The molecule has 1 rings (SSSR count). The van der Waals surface area contributed by atoms with Crippen molar-refractivity contribution in [3.05, 3.63) is 28.5 Å². The molecule has 114 valence electrons. The van der Waals surface area contributed by atoms with Crippen LogP contribution in [-0.4, -0.2) is 29.1 Å². The fraction of sp³-hybridized carbons (Fsp3) is 0.467. The minimum absolute atomic E-state index is 0.205. The maximum absolute atomic E-state index is 12.3. The van der Waals surface area contributed by atoms with Crippen LogP contribution in [0.2, 0.25) is 0 Å². The summed E-state index contributed by atoms with van der Waals surface area (Å²) in [6.45, 7) is 3.45. The van der Waals surface area contributed by atoms with E-state index in [9.17, 15) is 14.4 Å². The van der Waals surface area contributed by atoms with Crippen molar-refractivity contribution in [2.75, 3.05) is 6.61 Å². The lowest BCUT2D eigenvalue weighted by molar-refractivity contribution is -0.143. The zero-order valence-electron chi connectivity index (χ0n) is 12.1. The van der Waals surface area contributed by atoms with Crippen LogP contribution in [0.1, 0.15) is 43.5 Å². The van der Waals surface area contributed by atoms with Crippen LogP contribution in [0.25, 0.3) is 0 Å². The smallest absolute Gasteiger partial charge is 0.305 e. The maximum atomic E-state index is 12.3. The van der Waals surface area contributed by atoms with Gasteiger partial charge in [0, 0.05) is 28.9 Å². The average molecular weight is 356 g/mol. The lowest BCUT2D eigenvalue weighted by Gasteiger charge is -2.12. The first-order valence-corrected chi connectivity index (χ1v) is 7.55. The van der Waals surface area contributed by atoms with E-state index in [0.717, 1.165) is 0 Å². The molecule has 0 saturated heterocycles. The number of pyridine rings is 1. The molecule has 0 N–H and O–H groups in total. The van der Waals surface area contributed by atoms with Crippen molar-refractivity contribution < 1.29 is 19.1 Å². The Bertz CT molecular complexity index is 530. The summed E-state index contributed by atoms with van der Waals surface area (Å²) in [5.74, 6) is -1.52. The number of carbonyl (C=O) groups excluding carboxylic acids is 3. The Morgan fingerprint density at radius 1 is 1.33 bits per heavy atom. The van der Waals surface area contributed by atoms with Crippen LogP contribution in [0, 0.1) is 5.92 Å². The van der Waals surface area contributed by atoms with Crippen molar-refractivity contribution in [1.82, 2.24) is 4.98 Å². The summed E-state index contributed by atoms with van der Waals surface area (Å²) in [7, 11) is 0. The number of hydrogen-bond donors (Lipinski definition) is 0. The zero-order chi connectivity index (χ0) is 15.8. The second-order valence-corrected chi connectivity index (χ2v) is 5.53. The Hall–Kier alpha value is -1.56. The first kappa shape index (κ1) is 17.5. The van der Waals surface area contributed by atoms with Gasteiger partial charge in [0.15, 0.2) is 5.78 Å². The summed E-state index contributed by atoms with van der Waals surface area (Å²) in [5, 5.41) is 0. The Morgan fingerprint density at radius 2 is 2.05 bits per heavy atom. The van der Waals surface area contributed by atoms with E-state index in [-0.39, 0.29) is 24.0 Å². The van der Waals surface area contributed by atoms with Gasteiger partial charge in [-0.1, -0.05) is 0 Å². The highest BCUT2D eigenvalue weighted by molar-refractivity contribution is 9.10. The summed E-state index contributed by atoms with van der Waals surface area (Å²) >= 11 is 3.24. The third kappa shape index (κ3) is 5.75. The molecule has 0 radical (unpaired) electrons. The molecule has 0 aromatic carbocycles. The molecule has 5 nitrogen and oxygen atoms in total. The van der Waals surface area contributed by atoms with Crippen molar-refractivity contribution >= 4 is 33.5 Å². The van der Waals surface area contributed by atoms with E-state index >= 15 is 0 Å². The summed E-state index contributed by atoms with van der Waals surface area (Å²) in [6.07, 6.45) is 3.99. The summed E-state index contributed by atoms with van der Waals surface area (Å²) in [5.41, 5.74) is 0.390. The molecule has 0 aliphatic rings. The van der Waals surface area contributed by atoms with Crippen molar-refractivity contribution in [2.24, 2.45) is 5.92 Å². The minimum atomic E-state index is -0.740. The molecule has 0 amide bonds. The van der Waals surface area contributed by atoms with Crippen molar-refractivity contribution in [2.45, 2.75) is 33.1 Å². The Balaban J connectivity index is 2.67. The molecule has 1 aromatic heterocycles. The molecule has 1 unspecified atom stereocenters. The zero-order valence-corrected chi connectivity index (χ0v) is 13.7. The highest BCUT2D eigenvalue weighted by Crippen LogP contribution is 2.19. The number of nitrogens with zero attached hydrogens (tertiary/aromatic N) is 1. The van der Waals surface area contributed by atoms with Gasteiger partial charge in [0.1, 0.15) is 5.78 Å². The van der Waals surface area contributed by atoms with Gasteiger partial charge in [-0.05, 0) is 48.7 Å². The number of ketones is 2. The number of aromatic nitrogens is 1. The molecule has 6 heteroatoms. The van der Waals surface area contributed by atoms with Crippen molar-refractivity contribution in [3.8, 4) is 0 Å². The molecule has 1 atom stereocenters.